The van der Waals surface area contributed by atoms with Gasteiger partial charge >= 0.3 is 5.97 Å². The number of hydrogen-bond acceptors (Lipinski definition) is 4. The molecule has 0 saturated heterocycles. The van der Waals surface area contributed by atoms with Crippen molar-refractivity contribution < 1.29 is 19.0 Å². The lowest BCUT2D eigenvalue weighted by molar-refractivity contribution is -0.139. The Balaban J connectivity index is 1.65. The highest BCUT2D eigenvalue weighted by atomic mass is 79.9. The molecule has 2 aromatic rings. The first-order valence-electron chi connectivity index (χ1n) is 7.24. The highest BCUT2D eigenvalue weighted by Gasteiger charge is 2.17. The number of ether oxygens (including phenoxy) is 3. The molecule has 6 heteroatoms. The number of hydrogen-bond donors (Lipinski definition) is 0. The Bertz CT molecular complexity index is 789. The fourth-order valence-corrected chi connectivity index (χ4v) is 3.02. The number of fused-ring (bicyclic) bond motifs is 1. The Morgan fingerprint density at radius 1 is 1.33 bits per heavy atom. The van der Waals surface area contributed by atoms with E-state index in [4.69, 9.17) is 25.8 Å². The molecule has 0 amide bonds. The van der Waals surface area contributed by atoms with E-state index in [-0.39, 0.29) is 13.4 Å². The summed E-state index contributed by atoms with van der Waals surface area (Å²) in [6, 6.07) is 11.1. The monoisotopic (exact) mass is 408 g/mol. The van der Waals surface area contributed by atoms with Crippen LogP contribution in [0.5, 0.6) is 5.75 Å². The predicted octanol–water partition coefficient (Wildman–Crippen LogP) is 4.73. The Morgan fingerprint density at radius 3 is 3.04 bits per heavy atom. The van der Waals surface area contributed by atoms with Gasteiger partial charge in [-0.3, -0.25) is 0 Å². The highest BCUT2D eigenvalue weighted by Crippen LogP contribution is 2.32. The van der Waals surface area contributed by atoms with Gasteiger partial charge in [-0.05, 0) is 35.9 Å². The van der Waals surface area contributed by atoms with E-state index in [0.717, 1.165) is 21.2 Å². The fourth-order valence-electron chi connectivity index (χ4n) is 2.34. The summed E-state index contributed by atoms with van der Waals surface area (Å²) >= 11 is 9.47. The minimum Gasteiger partial charge on any atom is -0.467 e. The Hall–Kier alpha value is -1.82. The van der Waals surface area contributed by atoms with E-state index >= 15 is 0 Å². The topological polar surface area (TPSA) is 44.8 Å². The van der Waals surface area contributed by atoms with Crippen LogP contribution in [0.1, 0.15) is 16.7 Å². The van der Waals surface area contributed by atoms with E-state index in [1.54, 1.807) is 18.2 Å². The first-order valence-corrected chi connectivity index (χ1v) is 8.41. The molecular weight excluding hydrogens is 396 g/mol. The second-order valence-electron chi connectivity index (χ2n) is 5.16. The lowest BCUT2D eigenvalue weighted by Gasteiger charge is -2.20. The smallest absolute Gasteiger partial charge is 0.331 e. The van der Waals surface area contributed by atoms with E-state index < -0.39 is 5.97 Å². The molecule has 0 unspecified atom stereocenters. The fraction of sp³-hybridized carbons (Fsp3) is 0.167. The van der Waals surface area contributed by atoms with Gasteiger partial charge in [-0.25, -0.2) is 4.79 Å². The molecule has 0 saturated carbocycles. The zero-order valence-electron chi connectivity index (χ0n) is 12.6. The van der Waals surface area contributed by atoms with Crippen LogP contribution in [-0.2, 0) is 27.5 Å². The van der Waals surface area contributed by atoms with Gasteiger partial charge in [0.05, 0.1) is 6.61 Å². The van der Waals surface area contributed by atoms with Crippen LogP contribution in [0.15, 0.2) is 46.9 Å². The van der Waals surface area contributed by atoms with Crippen molar-refractivity contribution in [3.8, 4) is 5.75 Å². The zero-order valence-corrected chi connectivity index (χ0v) is 15.0. The van der Waals surface area contributed by atoms with E-state index in [2.05, 4.69) is 15.9 Å². The third-order valence-corrected chi connectivity index (χ3v) is 4.09. The Labute approximate surface area is 153 Å². The maximum atomic E-state index is 11.9. The van der Waals surface area contributed by atoms with Gasteiger partial charge in [0.2, 0.25) is 0 Å². The summed E-state index contributed by atoms with van der Waals surface area (Å²) < 4.78 is 16.9. The molecule has 1 aliphatic heterocycles. The molecule has 0 N–H and O–H groups in total. The molecule has 0 atom stereocenters. The molecular formula is C18H14BrClO4. The molecule has 0 spiro atoms. The molecule has 1 aliphatic rings. The summed E-state index contributed by atoms with van der Waals surface area (Å²) in [6.07, 6.45) is 3.09. The average molecular weight is 410 g/mol. The summed E-state index contributed by atoms with van der Waals surface area (Å²) in [4.78, 5) is 11.9. The molecule has 124 valence electrons. The normalized spacial score (nSPS) is 13.4. The van der Waals surface area contributed by atoms with Gasteiger partial charge in [0.1, 0.15) is 12.4 Å². The average Bonchev–Trinajstić information content (AvgIpc) is 2.57. The van der Waals surface area contributed by atoms with E-state index in [1.807, 2.05) is 24.3 Å². The lowest BCUT2D eigenvalue weighted by Crippen LogP contribution is -2.14. The van der Waals surface area contributed by atoms with Gasteiger partial charge in [-0.1, -0.05) is 39.7 Å². The third kappa shape index (κ3) is 4.38. The number of carbonyl (C=O) groups excluding carboxylic acids is 1. The first kappa shape index (κ1) is 17.0. The van der Waals surface area contributed by atoms with Crippen molar-refractivity contribution in [3.63, 3.8) is 0 Å². The summed E-state index contributed by atoms with van der Waals surface area (Å²) in [5.74, 6) is 0.241. The van der Waals surface area contributed by atoms with Gasteiger partial charge in [0.15, 0.2) is 6.79 Å². The second kappa shape index (κ2) is 7.83. The second-order valence-corrected chi connectivity index (χ2v) is 6.51. The minimum atomic E-state index is -0.434. The largest absolute Gasteiger partial charge is 0.467 e. The minimum absolute atomic E-state index is 0.0878. The summed E-state index contributed by atoms with van der Waals surface area (Å²) in [5, 5.41) is 0.554. The first-order chi connectivity index (χ1) is 11.6. The molecule has 24 heavy (non-hydrogen) atoms. The molecule has 0 fully saturated rings. The quantitative estimate of drug-likeness (QED) is 0.541. The van der Waals surface area contributed by atoms with Crippen LogP contribution in [0.2, 0.25) is 5.02 Å². The van der Waals surface area contributed by atoms with Crippen LogP contribution in [0.4, 0.5) is 0 Å². The summed E-state index contributed by atoms with van der Waals surface area (Å²) in [5.41, 5.74) is 2.48. The van der Waals surface area contributed by atoms with Gasteiger partial charge in [-0.2, -0.15) is 0 Å². The van der Waals surface area contributed by atoms with E-state index in [0.29, 0.717) is 17.4 Å². The SMILES string of the molecule is O=C(/C=C/c1cccc(Br)c1)OCc1cc(Cl)cc2c1OCOC2. The Morgan fingerprint density at radius 2 is 2.21 bits per heavy atom. The van der Waals surface area contributed by atoms with Crippen LogP contribution < -0.4 is 4.74 Å². The maximum Gasteiger partial charge on any atom is 0.331 e. The zero-order chi connectivity index (χ0) is 16.9. The molecule has 3 rings (SSSR count). The van der Waals surface area contributed by atoms with Crippen LogP contribution in [0.3, 0.4) is 0 Å². The van der Waals surface area contributed by atoms with Crippen molar-refractivity contribution >= 4 is 39.6 Å². The van der Waals surface area contributed by atoms with Gasteiger partial charge in [0.25, 0.3) is 0 Å². The van der Waals surface area contributed by atoms with Gasteiger partial charge < -0.3 is 14.2 Å². The molecule has 0 aliphatic carbocycles. The molecule has 0 bridgehead atoms. The van der Waals surface area contributed by atoms with Crippen molar-refractivity contribution in [2.75, 3.05) is 6.79 Å². The molecule has 2 aromatic carbocycles. The van der Waals surface area contributed by atoms with Crippen molar-refractivity contribution in [2.45, 2.75) is 13.2 Å². The number of carbonyl (C=O) groups is 1. The van der Waals surface area contributed by atoms with Gasteiger partial charge in [-0.15, -0.1) is 0 Å². The molecule has 0 aromatic heterocycles. The number of benzene rings is 2. The van der Waals surface area contributed by atoms with Crippen molar-refractivity contribution in [1.82, 2.24) is 0 Å². The van der Waals surface area contributed by atoms with Gasteiger partial charge in [0, 0.05) is 26.7 Å². The number of esters is 1. The van der Waals surface area contributed by atoms with Crippen LogP contribution >= 0.6 is 27.5 Å². The van der Waals surface area contributed by atoms with E-state index in [1.165, 1.54) is 6.08 Å². The third-order valence-electron chi connectivity index (χ3n) is 3.38. The van der Waals surface area contributed by atoms with Crippen molar-refractivity contribution in [2.24, 2.45) is 0 Å². The van der Waals surface area contributed by atoms with Crippen molar-refractivity contribution in [3.05, 3.63) is 68.7 Å². The standard InChI is InChI=1S/C18H14BrClO4/c19-15-3-1-2-12(6-15)4-5-17(21)23-10-14-8-16(20)7-13-9-22-11-24-18(13)14/h1-8H,9-11H2/b5-4+. The predicted molar refractivity (Wildman–Crippen MR) is 94.7 cm³/mol. The number of halogens is 2. The van der Waals surface area contributed by atoms with Crippen molar-refractivity contribution in [1.29, 1.82) is 0 Å². The van der Waals surface area contributed by atoms with Crippen LogP contribution in [0.25, 0.3) is 6.08 Å². The van der Waals surface area contributed by atoms with Crippen LogP contribution in [0, 0.1) is 0 Å². The molecule has 4 nitrogen and oxygen atoms in total. The molecule has 1 heterocycles. The number of rotatable bonds is 4. The summed E-state index contributed by atoms with van der Waals surface area (Å²) in [6.45, 7) is 0.697. The molecule has 0 radical (unpaired) electrons. The maximum absolute atomic E-state index is 11.9. The lowest BCUT2D eigenvalue weighted by atomic mass is 10.1. The van der Waals surface area contributed by atoms with E-state index in [9.17, 15) is 4.79 Å². The Kier molecular flexibility index (Phi) is 5.56. The summed E-state index contributed by atoms with van der Waals surface area (Å²) in [7, 11) is 0. The highest BCUT2D eigenvalue weighted by molar-refractivity contribution is 9.10. The van der Waals surface area contributed by atoms with Crippen LogP contribution in [-0.4, -0.2) is 12.8 Å².